The Bertz CT molecular complexity index is 1380. The van der Waals surface area contributed by atoms with Crippen molar-refractivity contribution >= 4 is 40.5 Å². The summed E-state index contributed by atoms with van der Waals surface area (Å²) in [6.07, 6.45) is -0.504. The van der Waals surface area contributed by atoms with Gasteiger partial charge in [0.2, 0.25) is 0 Å². The molecule has 3 aliphatic rings. The molecule has 1 spiro atoms. The van der Waals surface area contributed by atoms with Crippen LogP contribution in [0.5, 0.6) is 0 Å². The number of nitrogens with one attached hydrogen (secondary N) is 1. The minimum Gasteiger partial charge on any atom is -0.351 e. The number of pyridine rings is 1. The number of thiocarbonyl (C=S) groups is 1. The number of hydrogen-bond donors (Lipinski definition) is 1. The number of likely N-dealkylation sites (tertiary alicyclic amines) is 1. The number of halogens is 4. The van der Waals surface area contributed by atoms with E-state index in [9.17, 15) is 22.8 Å². The molecule has 1 aromatic carbocycles. The number of nitriles is 1. The van der Waals surface area contributed by atoms with Crippen LogP contribution in [0.15, 0.2) is 30.5 Å². The number of rotatable bonds is 6. The van der Waals surface area contributed by atoms with Crippen molar-refractivity contribution in [3.8, 4) is 6.07 Å². The predicted molar refractivity (Wildman–Crippen MR) is 138 cm³/mol. The molecule has 3 fully saturated rings. The van der Waals surface area contributed by atoms with Crippen LogP contribution in [0.1, 0.15) is 53.7 Å². The number of hydrogen-bond acceptors (Lipinski definition) is 6. The molecule has 3 heterocycles. The van der Waals surface area contributed by atoms with Crippen molar-refractivity contribution < 1.29 is 27.2 Å². The van der Waals surface area contributed by atoms with Gasteiger partial charge in [-0.1, -0.05) is 6.07 Å². The van der Waals surface area contributed by atoms with Gasteiger partial charge in [-0.05, 0) is 75.6 Å². The topological polar surface area (TPSA) is 92.6 Å². The van der Waals surface area contributed by atoms with Crippen molar-refractivity contribution in [2.24, 2.45) is 0 Å². The lowest BCUT2D eigenvalue weighted by Gasteiger charge is -2.43. The molecule has 0 unspecified atom stereocenters. The highest BCUT2D eigenvalue weighted by Crippen LogP contribution is 2.49. The standard InChI is InChI=1S/C26H24F4N6O2S/c27-21-17(22(37)32-9-12-34-10-1-2-11-34)5-3-6-20(21)36-24(39)35(23(38)25(36)7-4-8-25)16-13-18(26(28,29)30)19(14-31)33-15-16/h3,5-6,13,15H,1-2,4,7-12H2,(H,32,37). The molecule has 39 heavy (non-hydrogen) atoms. The van der Waals surface area contributed by atoms with Gasteiger partial charge in [0.05, 0.1) is 28.7 Å². The van der Waals surface area contributed by atoms with Crippen LogP contribution in [-0.4, -0.2) is 58.5 Å². The van der Waals surface area contributed by atoms with E-state index >= 15 is 4.39 Å². The number of aromatic nitrogens is 1. The Hall–Kier alpha value is -3.63. The van der Waals surface area contributed by atoms with Crippen LogP contribution in [0, 0.1) is 17.1 Å². The molecule has 0 radical (unpaired) electrons. The van der Waals surface area contributed by atoms with Gasteiger partial charge in [0, 0.05) is 13.1 Å². The van der Waals surface area contributed by atoms with Crippen molar-refractivity contribution in [3.63, 3.8) is 0 Å². The second kappa shape index (κ2) is 10.2. The number of benzene rings is 1. The molecule has 8 nitrogen and oxygen atoms in total. The monoisotopic (exact) mass is 560 g/mol. The quantitative estimate of drug-likeness (QED) is 0.422. The third-order valence-corrected chi connectivity index (χ3v) is 7.88. The lowest BCUT2D eigenvalue weighted by molar-refractivity contribution is -0.138. The Labute approximate surface area is 227 Å². The molecule has 5 rings (SSSR count). The van der Waals surface area contributed by atoms with Crippen LogP contribution < -0.4 is 15.1 Å². The lowest BCUT2D eigenvalue weighted by Crippen LogP contribution is -2.55. The van der Waals surface area contributed by atoms with Gasteiger partial charge < -0.3 is 15.1 Å². The number of amides is 2. The Morgan fingerprint density at radius 1 is 1.21 bits per heavy atom. The first-order chi connectivity index (χ1) is 18.6. The average Bonchev–Trinajstić information content (AvgIpc) is 3.47. The minimum atomic E-state index is -4.89. The van der Waals surface area contributed by atoms with E-state index in [1.165, 1.54) is 29.2 Å². The highest BCUT2D eigenvalue weighted by molar-refractivity contribution is 7.81. The first kappa shape index (κ1) is 27.0. The third-order valence-electron chi connectivity index (χ3n) is 7.51. The van der Waals surface area contributed by atoms with Crippen molar-refractivity contribution in [2.75, 3.05) is 36.0 Å². The van der Waals surface area contributed by atoms with Gasteiger partial charge in [-0.15, -0.1) is 0 Å². The van der Waals surface area contributed by atoms with E-state index in [0.29, 0.717) is 38.4 Å². The SMILES string of the molecule is N#Cc1ncc(N2C(=O)C3(CCC3)N(c3cccc(C(=O)NCCN4CCCC4)c3F)C2=S)cc1C(F)(F)F. The van der Waals surface area contributed by atoms with E-state index in [4.69, 9.17) is 17.5 Å². The van der Waals surface area contributed by atoms with Gasteiger partial charge in [0.1, 0.15) is 11.6 Å². The van der Waals surface area contributed by atoms with Gasteiger partial charge in [-0.3, -0.25) is 14.5 Å². The smallest absolute Gasteiger partial charge is 0.351 e. The Morgan fingerprint density at radius 2 is 1.92 bits per heavy atom. The van der Waals surface area contributed by atoms with Crippen LogP contribution in [0.25, 0.3) is 0 Å². The van der Waals surface area contributed by atoms with Gasteiger partial charge in [0.25, 0.3) is 11.8 Å². The number of anilines is 2. The van der Waals surface area contributed by atoms with Gasteiger partial charge >= 0.3 is 6.18 Å². The van der Waals surface area contributed by atoms with Crippen LogP contribution in [0.3, 0.4) is 0 Å². The summed E-state index contributed by atoms with van der Waals surface area (Å²) in [7, 11) is 0. The fraction of sp³-hybridized carbons (Fsp3) is 0.423. The molecule has 0 atom stereocenters. The predicted octanol–water partition coefficient (Wildman–Crippen LogP) is 4.00. The summed E-state index contributed by atoms with van der Waals surface area (Å²) in [5.41, 5.74) is -4.06. The first-order valence-corrected chi connectivity index (χ1v) is 12.9. The van der Waals surface area contributed by atoms with E-state index in [1.54, 1.807) is 0 Å². The van der Waals surface area contributed by atoms with Gasteiger partial charge in [-0.25, -0.2) is 9.37 Å². The van der Waals surface area contributed by atoms with Crippen LogP contribution in [0.2, 0.25) is 0 Å². The van der Waals surface area contributed by atoms with Crippen molar-refractivity contribution in [3.05, 3.63) is 53.1 Å². The van der Waals surface area contributed by atoms with Crippen LogP contribution in [0.4, 0.5) is 28.9 Å². The van der Waals surface area contributed by atoms with E-state index in [2.05, 4.69) is 15.2 Å². The number of carbonyl (C=O) groups is 2. The zero-order valence-electron chi connectivity index (χ0n) is 20.7. The number of alkyl halides is 3. The summed E-state index contributed by atoms with van der Waals surface area (Å²) in [6, 6.07) is 6.24. The van der Waals surface area contributed by atoms with Crippen LogP contribution in [-0.2, 0) is 11.0 Å². The molecule has 2 aliphatic heterocycles. The molecule has 2 amide bonds. The Morgan fingerprint density at radius 3 is 2.54 bits per heavy atom. The molecular weight excluding hydrogens is 536 g/mol. The summed E-state index contributed by atoms with van der Waals surface area (Å²) in [4.78, 5) is 34.5. The maximum absolute atomic E-state index is 15.9. The molecule has 2 saturated heterocycles. The largest absolute Gasteiger partial charge is 0.419 e. The molecule has 1 aromatic heterocycles. The van der Waals surface area contributed by atoms with E-state index in [0.717, 1.165) is 37.0 Å². The van der Waals surface area contributed by atoms with Gasteiger partial charge in [-0.2, -0.15) is 18.4 Å². The fourth-order valence-corrected chi connectivity index (χ4v) is 5.82. The molecule has 13 heteroatoms. The van der Waals surface area contributed by atoms with Gasteiger partial charge in [0.15, 0.2) is 16.6 Å². The first-order valence-electron chi connectivity index (χ1n) is 12.5. The second-order valence-electron chi connectivity index (χ2n) is 9.79. The molecule has 1 saturated carbocycles. The lowest BCUT2D eigenvalue weighted by atomic mass is 9.75. The maximum Gasteiger partial charge on any atom is 0.419 e. The Balaban J connectivity index is 1.46. The summed E-state index contributed by atoms with van der Waals surface area (Å²) in [6.45, 7) is 2.90. The summed E-state index contributed by atoms with van der Waals surface area (Å²) < 4.78 is 56.6. The highest BCUT2D eigenvalue weighted by Gasteiger charge is 2.60. The zero-order valence-corrected chi connectivity index (χ0v) is 21.5. The normalized spacial score (nSPS) is 18.9. The summed E-state index contributed by atoms with van der Waals surface area (Å²) >= 11 is 5.53. The van der Waals surface area contributed by atoms with E-state index < -0.39 is 40.6 Å². The molecule has 2 aromatic rings. The average molecular weight is 561 g/mol. The van der Waals surface area contributed by atoms with Crippen molar-refractivity contribution in [2.45, 2.75) is 43.8 Å². The maximum atomic E-state index is 15.9. The van der Waals surface area contributed by atoms with Crippen molar-refractivity contribution in [1.82, 2.24) is 15.2 Å². The molecule has 0 bridgehead atoms. The van der Waals surface area contributed by atoms with E-state index in [-0.39, 0.29) is 22.1 Å². The second-order valence-corrected chi connectivity index (χ2v) is 10.2. The number of carbonyl (C=O) groups excluding carboxylic acids is 2. The highest BCUT2D eigenvalue weighted by atomic mass is 32.1. The zero-order chi connectivity index (χ0) is 27.9. The number of nitrogens with zero attached hydrogens (tertiary/aromatic N) is 5. The van der Waals surface area contributed by atoms with E-state index in [1.807, 2.05) is 0 Å². The molecule has 204 valence electrons. The van der Waals surface area contributed by atoms with Crippen molar-refractivity contribution in [1.29, 1.82) is 5.26 Å². The summed E-state index contributed by atoms with van der Waals surface area (Å²) in [5, 5.41) is 11.6. The Kier molecular flexibility index (Phi) is 7.02. The molecule has 1 aliphatic carbocycles. The fourth-order valence-electron chi connectivity index (χ4n) is 5.36. The third kappa shape index (κ3) is 4.61. The molecular formula is C26H24F4N6O2S. The minimum absolute atomic E-state index is 0.111. The molecule has 1 N–H and O–H groups in total. The summed E-state index contributed by atoms with van der Waals surface area (Å²) in [5.74, 6) is -2.11. The van der Waals surface area contributed by atoms with Crippen LogP contribution >= 0.6 is 12.2 Å².